The number of halogens is 1. The van der Waals surface area contributed by atoms with Crippen LogP contribution in [0.15, 0.2) is 65.8 Å². The average molecular weight is 464 g/mol. The van der Waals surface area contributed by atoms with Gasteiger partial charge in [0.15, 0.2) is 5.82 Å². The minimum absolute atomic E-state index is 0.00121. The van der Waals surface area contributed by atoms with Crippen LogP contribution in [-0.4, -0.2) is 49.8 Å². The molecule has 0 bridgehead atoms. The molecule has 2 heterocycles. The molecule has 0 amide bonds. The maximum atomic E-state index is 10.6. The number of aliphatic imine (C=N–C) groups is 1. The van der Waals surface area contributed by atoms with Crippen LogP contribution < -0.4 is 5.32 Å². The molecule has 33 heavy (non-hydrogen) atoms. The van der Waals surface area contributed by atoms with E-state index in [2.05, 4.69) is 20.4 Å². The fourth-order valence-corrected chi connectivity index (χ4v) is 3.73. The van der Waals surface area contributed by atoms with E-state index in [9.17, 15) is 9.90 Å². The highest BCUT2D eigenvalue weighted by Gasteiger charge is 2.14. The molecule has 8 nitrogen and oxygen atoms in total. The standard InChI is InChI=1S/C24H22ClN5O3/c1-30-20-10-15(12-26-14-17(31)11-21(32)33)13-27-23(20)24(29-30)28-19-9-5-8-18(22(19)25)16-6-3-2-4-7-16/h2-10,12-13,17,31H,11,14H2,1H3,(H,28,29)(H,32,33). The van der Waals surface area contributed by atoms with Crippen molar-refractivity contribution in [3.05, 3.63) is 71.4 Å². The van der Waals surface area contributed by atoms with Gasteiger partial charge in [0.2, 0.25) is 0 Å². The van der Waals surface area contributed by atoms with Crippen LogP contribution in [0.3, 0.4) is 0 Å². The van der Waals surface area contributed by atoms with E-state index in [4.69, 9.17) is 16.7 Å². The predicted octanol–water partition coefficient (Wildman–Crippen LogP) is 4.29. The zero-order valence-electron chi connectivity index (χ0n) is 17.8. The monoisotopic (exact) mass is 463 g/mol. The molecule has 3 N–H and O–H groups in total. The quantitative estimate of drug-likeness (QED) is 0.336. The molecule has 0 aliphatic rings. The molecule has 0 saturated heterocycles. The average Bonchev–Trinajstić information content (AvgIpc) is 3.10. The number of carboxylic acids is 1. The number of aliphatic carboxylic acids is 1. The Labute approximate surface area is 195 Å². The van der Waals surface area contributed by atoms with Gasteiger partial charge in [-0.3, -0.25) is 14.5 Å². The molecule has 168 valence electrons. The molecule has 1 atom stereocenters. The second-order valence-electron chi connectivity index (χ2n) is 7.51. The van der Waals surface area contributed by atoms with Crippen LogP contribution in [0.2, 0.25) is 5.02 Å². The summed E-state index contributed by atoms with van der Waals surface area (Å²) in [6.45, 7) is -0.00121. The lowest BCUT2D eigenvalue weighted by Gasteiger charge is -2.10. The third-order valence-corrected chi connectivity index (χ3v) is 5.42. The summed E-state index contributed by atoms with van der Waals surface area (Å²) in [5, 5.41) is 26.8. The fourth-order valence-electron chi connectivity index (χ4n) is 3.45. The summed E-state index contributed by atoms with van der Waals surface area (Å²) in [5.74, 6) is -0.495. The van der Waals surface area contributed by atoms with Crippen molar-refractivity contribution in [1.29, 1.82) is 0 Å². The number of rotatable bonds is 8. The van der Waals surface area contributed by atoms with Gasteiger partial charge in [0.1, 0.15) is 5.52 Å². The van der Waals surface area contributed by atoms with Crippen molar-refractivity contribution < 1.29 is 15.0 Å². The molecule has 0 spiro atoms. The van der Waals surface area contributed by atoms with Gasteiger partial charge in [0, 0.05) is 30.6 Å². The number of aliphatic hydroxyl groups excluding tert-OH is 1. The molecule has 1 unspecified atom stereocenters. The fraction of sp³-hybridized carbons (Fsp3) is 0.167. The first kappa shape index (κ1) is 22.4. The van der Waals surface area contributed by atoms with E-state index >= 15 is 0 Å². The summed E-state index contributed by atoms with van der Waals surface area (Å²) in [7, 11) is 1.81. The molecule has 4 aromatic rings. The second kappa shape index (κ2) is 9.81. The summed E-state index contributed by atoms with van der Waals surface area (Å²) < 4.78 is 1.70. The van der Waals surface area contributed by atoms with Crippen molar-refractivity contribution in [2.45, 2.75) is 12.5 Å². The summed E-state index contributed by atoms with van der Waals surface area (Å²) in [4.78, 5) is 19.3. The smallest absolute Gasteiger partial charge is 0.306 e. The number of benzene rings is 2. The number of carbonyl (C=O) groups is 1. The maximum Gasteiger partial charge on any atom is 0.306 e. The zero-order valence-corrected chi connectivity index (χ0v) is 18.6. The normalized spacial score (nSPS) is 12.3. The number of carboxylic acid groups (broad SMARTS) is 1. The SMILES string of the molecule is Cn1nc(Nc2cccc(-c3ccccc3)c2Cl)c2ncc(C=NCC(O)CC(=O)O)cc21. The first-order valence-corrected chi connectivity index (χ1v) is 10.6. The molecule has 2 aromatic heterocycles. The zero-order chi connectivity index (χ0) is 23.4. The van der Waals surface area contributed by atoms with E-state index in [-0.39, 0.29) is 13.0 Å². The highest BCUT2D eigenvalue weighted by Crippen LogP contribution is 2.36. The van der Waals surface area contributed by atoms with Gasteiger partial charge in [-0.15, -0.1) is 0 Å². The van der Waals surface area contributed by atoms with E-state index in [0.29, 0.717) is 21.9 Å². The number of aliphatic hydroxyl groups is 1. The van der Waals surface area contributed by atoms with Crippen LogP contribution in [0.4, 0.5) is 11.5 Å². The number of hydrogen-bond donors (Lipinski definition) is 3. The molecular weight excluding hydrogens is 442 g/mol. The number of nitrogens with one attached hydrogen (secondary N) is 1. The minimum Gasteiger partial charge on any atom is -0.481 e. The first-order chi connectivity index (χ1) is 15.9. The van der Waals surface area contributed by atoms with Crippen LogP contribution in [0.5, 0.6) is 0 Å². The van der Waals surface area contributed by atoms with Crippen LogP contribution in [0.1, 0.15) is 12.0 Å². The molecule has 0 aliphatic heterocycles. The third kappa shape index (κ3) is 5.19. The van der Waals surface area contributed by atoms with Gasteiger partial charge in [-0.1, -0.05) is 54.1 Å². The van der Waals surface area contributed by atoms with Crippen LogP contribution in [-0.2, 0) is 11.8 Å². The van der Waals surface area contributed by atoms with Crippen molar-refractivity contribution in [2.75, 3.05) is 11.9 Å². The minimum atomic E-state index is -1.06. The number of aromatic nitrogens is 3. The highest BCUT2D eigenvalue weighted by atomic mass is 35.5. The van der Waals surface area contributed by atoms with Crippen molar-refractivity contribution >= 4 is 46.3 Å². The first-order valence-electron chi connectivity index (χ1n) is 10.3. The van der Waals surface area contributed by atoms with Gasteiger partial charge in [-0.2, -0.15) is 5.10 Å². The Kier molecular flexibility index (Phi) is 6.67. The van der Waals surface area contributed by atoms with E-state index in [0.717, 1.165) is 22.3 Å². The van der Waals surface area contributed by atoms with Crippen molar-refractivity contribution in [3.63, 3.8) is 0 Å². The molecule has 0 fully saturated rings. The number of hydrogen-bond acceptors (Lipinski definition) is 6. The Morgan fingerprint density at radius 3 is 2.79 bits per heavy atom. The van der Waals surface area contributed by atoms with Crippen LogP contribution in [0, 0.1) is 0 Å². The molecule has 2 aromatic carbocycles. The Hall–Kier alpha value is -3.75. The van der Waals surface area contributed by atoms with Gasteiger partial charge in [0.05, 0.1) is 35.3 Å². The van der Waals surface area contributed by atoms with Crippen LogP contribution >= 0.6 is 11.6 Å². The van der Waals surface area contributed by atoms with Crippen molar-refractivity contribution in [3.8, 4) is 11.1 Å². The van der Waals surface area contributed by atoms with E-state index < -0.39 is 12.1 Å². The summed E-state index contributed by atoms with van der Waals surface area (Å²) in [6.07, 6.45) is 1.82. The molecule has 9 heteroatoms. The van der Waals surface area contributed by atoms with Gasteiger partial charge in [-0.25, -0.2) is 4.98 Å². The van der Waals surface area contributed by atoms with Gasteiger partial charge >= 0.3 is 5.97 Å². The topological polar surface area (TPSA) is 113 Å². The summed E-state index contributed by atoms with van der Waals surface area (Å²) >= 11 is 6.70. The van der Waals surface area contributed by atoms with E-state index in [1.165, 1.54) is 0 Å². The number of anilines is 2. The van der Waals surface area contributed by atoms with Crippen LogP contribution in [0.25, 0.3) is 22.2 Å². The summed E-state index contributed by atoms with van der Waals surface area (Å²) in [5.41, 5.74) is 4.82. The second-order valence-corrected chi connectivity index (χ2v) is 7.89. The van der Waals surface area contributed by atoms with E-state index in [1.807, 2.05) is 61.6 Å². The van der Waals surface area contributed by atoms with Gasteiger partial charge in [0.25, 0.3) is 0 Å². The summed E-state index contributed by atoms with van der Waals surface area (Å²) in [6, 6.07) is 17.6. The predicted molar refractivity (Wildman–Crippen MR) is 129 cm³/mol. The van der Waals surface area contributed by atoms with Crippen molar-refractivity contribution in [2.24, 2.45) is 12.0 Å². The number of fused-ring (bicyclic) bond motifs is 1. The Morgan fingerprint density at radius 2 is 2.03 bits per heavy atom. The van der Waals surface area contributed by atoms with Crippen molar-refractivity contribution in [1.82, 2.24) is 14.8 Å². The number of aryl methyl sites for hydroxylation is 1. The number of pyridine rings is 1. The van der Waals surface area contributed by atoms with Gasteiger partial charge < -0.3 is 15.5 Å². The molecular formula is C24H22ClN5O3. The van der Waals surface area contributed by atoms with Gasteiger partial charge in [-0.05, 0) is 17.7 Å². The lowest BCUT2D eigenvalue weighted by Crippen LogP contribution is -2.16. The Balaban J connectivity index is 1.57. The lowest BCUT2D eigenvalue weighted by atomic mass is 10.1. The lowest BCUT2D eigenvalue weighted by molar-refractivity contribution is -0.139. The highest BCUT2D eigenvalue weighted by molar-refractivity contribution is 6.36. The Morgan fingerprint density at radius 1 is 1.24 bits per heavy atom. The third-order valence-electron chi connectivity index (χ3n) is 5.02. The van der Waals surface area contributed by atoms with E-state index in [1.54, 1.807) is 17.1 Å². The molecule has 0 aliphatic carbocycles. The largest absolute Gasteiger partial charge is 0.481 e. The maximum absolute atomic E-state index is 10.6. The molecule has 0 saturated carbocycles. The molecule has 4 rings (SSSR count). The Bertz CT molecular complexity index is 1320. The number of nitrogens with zero attached hydrogens (tertiary/aromatic N) is 4. The molecule has 0 radical (unpaired) electrons.